The van der Waals surface area contributed by atoms with Crippen molar-refractivity contribution in [2.24, 2.45) is 0 Å². The number of amides is 1. The summed E-state index contributed by atoms with van der Waals surface area (Å²) >= 11 is 17.6. The molecule has 0 saturated heterocycles. The van der Waals surface area contributed by atoms with E-state index < -0.39 is 18.0 Å². The average molecular weight is 398 g/mol. The summed E-state index contributed by atoms with van der Waals surface area (Å²) in [5, 5.41) is 12.1. The highest BCUT2D eigenvalue weighted by Gasteiger charge is 2.21. The first-order valence-electron chi connectivity index (χ1n) is 6.98. The summed E-state index contributed by atoms with van der Waals surface area (Å²) in [4.78, 5) is 24.2. The number of nitrogens with zero attached hydrogens (tertiary/aromatic N) is 1. The van der Waals surface area contributed by atoms with Crippen molar-refractivity contribution in [3.05, 3.63) is 62.6 Å². The van der Waals surface area contributed by atoms with E-state index in [9.17, 15) is 9.59 Å². The van der Waals surface area contributed by atoms with Gasteiger partial charge in [-0.3, -0.25) is 4.79 Å². The van der Waals surface area contributed by atoms with Crippen molar-refractivity contribution in [3.8, 4) is 6.07 Å². The zero-order valence-electron chi connectivity index (χ0n) is 12.8. The molecule has 2 aromatic rings. The predicted octanol–water partition coefficient (Wildman–Crippen LogP) is 4.70. The molecule has 128 valence electrons. The molecule has 0 unspecified atom stereocenters. The highest BCUT2D eigenvalue weighted by Crippen LogP contribution is 2.23. The second-order valence-electron chi connectivity index (χ2n) is 4.97. The minimum atomic E-state index is -1.08. The summed E-state index contributed by atoms with van der Waals surface area (Å²) < 4.78 is 5.10. The summed E-state index contributed by atoms with van der Waals surface area (Å²) in [6.07, 6.45) is -1.08. The van der Waals surface area contributed by atoms with E-state index in [0.717, 1.165) is 0 Å². The van der Waals surface area contributed by atoms with E-state index in [0.29, 0.717) is 10.7 Å². The first-order valence-corrected chi connectivity index (χ1v) is 8.11. The Labute approximate surface area is 159 Å². The van der Waals surface area contributed by atoms with E-state index in [1.165, 1.54) is 43.3 Å². The first kappa shape index (κ1) is 19.1. The van der Waals surface area contributed by atoms with Gasteiger partial charge in [0.25, 0.3) is 5.91 Å². The number of rotatable bonds is 4. The molecule has 0 spiro atoms. The summed E-state index contributed by atoms with van der Waals surface area (Å²) in [5.41, 5.74) is 0.769. The molecule has 8 heteroatoms. The molecule has 0 aliphatic carbocycles. The molecule has 2 rings (SSSR count). The van der Waals surface area contributed by atoms with Crippen molar-refractivity contribution in [1.82, 2.24) is 0 Å². The van der Waals surface area contributed by atoms with E-state index in [1.54, 1.807) is 0 Å². The zero-order chi connectivity index (χ0) is 18.6. The number of carbonyl (C=O) groups excluding carboxylic acids is 2. The number of hydrogen-bond donors (Lipinski definition) is 1. The van der Waals surface area contributed by atoms with Gasteiger partial charge in [0.05, 0.1) is 21.2 Å². The van der Waals surface area contributed by atoms with Crippen LogP contribution in [0.15, 0.2) is 36.4 Å². The van der Waals surface area contributed by atoms with Gasteiger partial charge in [-0.25, -0.2) is 4.79 Å². The lowest BCUT2D eigenvalue weighted by Crippen LogP contribution is -2.30. The highest BCUT2D eigenvalue weighted by atomic mass is 35.5. The Balaban J connectivity index is 2.04. The van der Waals surface area contributed by atoms with Gasteiger partial charge in [-0.2, -0.15) is 5.26 Å². The quantitative estimate of drug-likeness (QED) is 0.758. The minimum Gasteiger partial charge on any atom is -0.449 e. The molecule has 0 bridgehead atoms. The number of anilines is 1. The largest absolute Gasteiger partial charge is 0.449 e. The number of nitrogens with one attached hydrogen (secondary N) is 1. The first-order chi connectivity index (χ1) is 11.8. The molecule has 0 aliphatic heterocycles. The highest BCUT2D eigenvalue weighted by molar-refractivity contribution is 6.36. The van der Waals surface area contributed by atoms with Gasteiger partial charge in [0, 0.05) is 10.7 Å². The molecule has 2 aromatic carbocycles. The lowest BCUT2D eigenvalue weighted by Gasteiger charge is -2.14. The Kier molecular flexibility index (Phi) is 6.27. The lowest BCUT2D eigenvalue weighted by atomic mass is 10.2. The number of carbonyl (C=O) groups is 2. The minimum absolute atomic E-state index is 0.104. The normalized spacial score (nSPS) is 11.3. The Morgan fingerprint density at radius 3 is 2.44 bits per heavy atom. The average Bonchev–Trinajstić information content (AvgIpc) is 2.54. The van der Waals surface area contributed by atoms with Gasteiger partial charge in [-0.1, -0.05) is 34.8 Å². The van der Waals surface area contributed by atoms with Gasteiger partial charge in [-0.05, 0) is 43.3 Å². The van der Waals surface area contributed by atoms with Crippen LogP contribution in [0.5, 0.6) is 0 Å². The number of hydrogen-bond acceptors (Lipinski definition) is 4. The Morgan fingerprint density at radius 1 is 1.12 bits per heavy atom. The van der Waals surface area contributed by atoms with Crippen LogP contribution in [-0.2, 0) is 9.53 Å². The smallest absolute Gasteiger partial charge is 0.340 e. The molecule has 1 N–H and O–H groups in total. The Bertz CT molecular complexity index is 878. The van der Waals surface area contributed by atoms with E-state index in [-0.39, 0.29) is 21.2 Å². The Morgan fingerprint density at radius 2 is 1.84 bits per heavy atom. The second-order valence-corrected chi connectivity index (χ2v) is 6.22. The fourth-order valence-corrected chi connectivity index (χ4v) is 2.57. The van der Waals surface area contributed by atoms with Crippen LogP contribution in [0.3, 0.4) is 0 Å². The monoisotopic (exact) mass is 396 g/mol. The molecule has 1 atom stereocenters. The van der Waals surface area contributed by atoms with Crippen molar-refractivity contribution >= 4 is 52.4 Å². The summed E-state index contributed by atoms with van der Waals surface area (Å²) in [6, 6.07) is 10.7. The van der Waals surface area contributed by atoms with E-state index in [2.05, 4.69) is 5.32 Å². The van der Waals surface area contributed by atoms with Gasteiger partial charge < -0.3 is 10.1 Å². The van der Waals surface area contributed by atoms with E-state index in [4.69, 9.17) is 44.8 Å². The van der Waals surface area contributed by atoms with Crippen LogP contribution < -0.4 is 5.32 Å². The SMILES string of the molecule is C[C@@H](OC(=O)c1ccc(Cl)cc1Cl)C(=O)Nc1ccc(C#N)c(Cl)c1. The Hall–Kier alpha value is -2.26. The fourth-order valence-electron chi connectivity index (χ4n) is 1.86. The third kappa shape index (κ3) is 4.86. The van der Waals surface area contributed by atoms with Crippen LogP contribution >= 0.6 is 34.8 Å². The van der Waals surface area contributed by atoms with Crippen LogP contribution in [-0.4, -0.2) is 18.0 Å². The van der Waals surface area contributed by atoms with Crippen LogP contribution in [0.1, 0.15) is 22.8 Å². The second kappa shape index (κ2) is 8.21. The number of halogens is 3. The molecular weight excluding hydrogens is 387 g/mol. The van der Waals surface area contributed by atoms with Gasteiger partial charge in [-0.15, -0.1) is 0 Å². The van der Waals surface area contributed by atoms with Gasteiger partial charge in [0.15, 0.2) is 6.10 Å². The van der Waals surface area contributed by atoms with Crippen molar-refractivity contribution in [2.45, 2.75) is 13.0 Å². The molecule has 0 heterocycles. The fraction of sp³-hybridized carbons (Fsp3) is 0.118. The van der Waals surface area contributed by atoms with E-state index in [1.807, 2.05) is 6.07 Å². The van der Waals surface area contributed by atoms with Crippen LogP contribution in [0.2, 0.25) is 15.1 Å². The third-order valence-corrected chi connectivity index (χ3v) is 4.02. The van der Waals surface area contributed by atoms with Crippen molar-refractivity contribution in [1.29, 1.82) is 5.26 Å². The standard InChI is InChI=1S/C17H11Cl3N2O3/c1-9(25-17(24)13-5-3-11(18)6-15(13)20)16(23)22-12-4-2-10(8-21)14(19)7-12/h2-7,9H,1H3,(H,22,23)/t9-/m1/s1. The maximum Gasteiger partial charge on any atom is 0.340 e. The molecule has 1 amide bonds. The molecule has 0 aliphatic rings. The molecule has 5 nitrogen and oxygen atoms in total. The number of nitriles is 1. The number of esters is 1. The molecular formula is C17H11Cl3N2O3. The molecule has 0 radical (unpaired) electrons. The number of ether oxygens (including phenoxy) is 1. The molecule has 0 fully saturated rings. The summed E-state index contributed by atoms with van der Waals surface area (Å²) in [7, 11) is 0. The molecule has 0 saturated carbocycles. The summed E-state index contributed by atoms with van der Waals surface area (Å²) in [5.74, 6) is -1.30. The third-order valence-electron chi connectivity index (χ3n) is 3.16. The van der Waals surface area contributed by atoms with Gasteiger partial charge in [0.2, 0.25) is 0 Å². The number of benzene rings is 2. The zero-order valence-corrected chi connectivity index (χ0v) is 15.1. The maximum atomic E-state index is 12.1. The van der Waals surface area contributed by atoms with Crippen molar-refractivity contribution in [3.63, 3.8) is 0 Å². The molecule has 25 heavy (non-hydrogen) atoms. The topological polar surface area (TPSA) is 79.2 Å². The lowest BCUT2D eigenvalue weighted by molar-refractivity contribution is -0.123. The van der Waals surface area contributed by atoms with Gasteiger partial charge in [0.1, 0.15) is 6.07 Å². The predicted molar refractivity (Wildman–Crippen MR) is 96.1 cm³/mol. The van der Waals surface area contributed by atoms with E-state index >= 15 is 0 Å². The van der Waals surface area contributed by atoms with Crippen LogP contribution in [0, 0.1) is 11.3 Å². The van der Waals surface area contributed by atoms with Gasteiger partial charge >= 0.3 is 5.97 Å². The summed E-state index contributed by atoms with van der Waals surface area (Å²) in [6.45, 7) is 1.42. The van der Waals surface area contributed by atoms with Crippen LogP contribution in [0.25, 0.3) is 0 Å². The molecule has 0 aromatic heterocycles. The van der Waals surface area contributed by atoms with Crippen molar-refractivity contribution in [2.75, 3.05) is 5.32 Å². The van der Waals surface area contributed by atoms with Crippen LogP contribution in [0.4, 0.5) is 5.69 Å². The van der Waals surface area contributed by atoms with Crippen molar-refractivity contribution < 1.29 is 14.3 Å². The maximum absolute atomic E-state index is 12.1.